The van der Waals surface area contributed by atoms with Crippen molar-refractivity contribution in [2.24, 2.45) is 0 Å². The van der Waals surface area contributed by atoms with Crippen LogP contribution in [0.3, 0.4) is 0 Å². The van der Waals surface area contributed by atoms with E-state index >= 15 is 0 Å². The van der Waals surface area contributed by atoms with Gasteiger partial charge in [-0.2, -0.15) is 5.26 Å². The summed E-state index contributed by atoms with van der Waals surface area (Å²) in [6.07, 6.45) is 2.07. The minimum atomic E-state index is 0.699. The molecule has 0 aromatic heterocycles. The summed E-state index contributed by atoms with van der Waals surface area (Å²) in [6.45, 7) is 0. The van der Waals surface area contributed by atoms with Crippen LogP contribution in [0.25, 0.3) is 11.1 Å². The number of nitrogens with zero attached hydrogens (tertiary/aromatic N) is 1. The fourth-order valence-electron chi connectivity index (χ4n) is 1.54. The molecule has 0 N–H and O–H groups in total. The third-order valence-corrected chi connectivity index (χ3v) is 3.14. The maximum Gasteiger partial charge on any atom is 0.0991 e. The van der Waals surface area contributed by atoms with Gasteiger partial charge in [0.1, 0.15) is 0 Å². The average molecular weight is 225 g/mol. The Hall–Kier alpha value is -1.72. The predicted octanol–water partition coefficient (Wildman–Crippen LogP) is 3.95. The van der Waals surface area contributed by atoms with Crippen LogP contribution in [0, 0.1) is 11.3 Å². The van der Waals surface area contributed by atoms with Gasteiger partial charge in [0, 0.05) is 4.90 Å². The van der Waals surface area contributed by atoms with Crippen molar-refractivity contribution in [1.82, 2.24) is 0 Å². The zero-order chi connectivity index (χ0) is 11.4. The van der Waals surface area contributed by atoms with Crippen molar-refractivity contribution >= 4 is 11.8 Å². The van der Waals surface area contributed by atoms with Crippen LogP contribution in [-0.2, 0) is 0 Å². The summed E-state index contributed by atoms with van der Waals surface area (Å²) >= 11 is 1.73. The molecular formula is C14H11NS. The molecule has 2 rings (SSSR count). The maximum atomic E-state index is 8.73. The fourth-order valence-corrected chi connectivity index (χ4v) is 2.00. The summed E-state index contributed by atoms with van der Waals surface area (Å²) in [4.78, 5) is 1.25. The highest BCUT2D eigenvalue weighted by molar-refractivity contribution is 7.98. The molecule has 0 saturated heterocycles. The van der Waals surface area contributed by atoms with Crippen LogP contribution >= 0.6 is 11.8 Å². The molecule has 0 atom stereocenters. The van der Waals surface area contributed by atoms with E-state index in [-0.39, 0.29) is 0 Å². The van der Waals surface area contributed by atoms with Gasteiger partial charge in [-0.1, -0.05) is 24.3 Å². The molecule has 0 aliphatic heterocycles. The largest absolute Gasteiger partial charge is 0.192 e. The molecule has 2 aromatic carbocycles. The first-order chi connectivity index (χ1) is 7.83. The van der Waals surface area contributed by atoms with Crippen LogP contribution in [-0.4, -0.2) is 6.26 Å². The van der Waals surface area contributed by atoms with Crippen molar-refractivity contribution in [3.05, 3.63) is 54.1 Å². The number of nitriles is 1. The lowest BCUT2D eigenvalue weighted by atomic mass is 10.0. The molecule has 0 unspecified atom stereocenters. The Kier molecular flexibility index (Phi) is 3.28. The molecule has 0 saturated carbocycles. The number of rotatable bonds is 2. The van der Waals surface area contributed by atoms with Crippen LogP contribution in [0.15, 0.2) is 53.4 Å². The molecular weight excluding hydrogens is 214 g/mol. The standard InChI is InChI=1S/C14H11NS/c1-16-14-4-2-3-13(9-14)12-7-5-11(10-15)6-8-12/h2-9H,1H3. The van der Waals surface area contributed by atoms with Gasteiger partial charge in [0.2, 0.25) is 0 Å². The van der Waals surface area contributed by atoms with E-state index in [1.165, 1.54) is 10.5 Å². The minimum absolute atomic E-state index is 0.699. The molecule has 0 heterocycles. The molecule has 78 valence electrons. The summed E-state index contributed by atoms with van der Waals surface area (Å²) in [5, 5.41) is 8.73. The van der Waals surface area contributed by atoms with E-state index in [1.807, 2.05) is 24.3 Å². The third-order valence-electron chi connectivity index (χ3n) is 2.42. The molecule has 2 heteroatoms. The van der Waals surface area contributed by atoms with Crippen molar-refractivity contribution < 1.29 is 0 Å². The Bertz CT molecular complexity index is 523. The molecule has 16 heavy (non-hydrogen) atoms. The fraction of sp³-hybridized carbons (Fsp3) is 0.0714. The number of thioether (sulfide) groups is 1. The van der Waals surface area contributed by atoms with Crippen LogP contribution in [0.5, 0.6) is 0 Å². The Morgan fingerprint density at radius 2 is 1.75 bits per heavy atom. The summed E-state index contributed by atoms with van der Waals surface area (Å²) in [6, 6.07) is 18.2. The van der Waals surface area contributed by atoms with Crippen molar-refractivity contribution in [1.29, 1.82) is 5.26 Å². The van der Waals surface area contributed by atoms with Crippen molar-refractivity contribution in [2.75, 3.05) is 6.26 Å². The SMILES string of the molecule is CSc1cccc(-c2ccc(C#N)cc2)c1. The Balaban J connectivity index is 2.39. The summed E-state index contributed by atoms with van der Waals surface area (Å²) in [5.74, 6) is 0. The van der Waals surface area contributed by atoms with E-state index in [2.05, 4.69) is 36.6 Å². The van der Waals surface area contributed by atoms with Crippen molar-refractivity contribution in [3.8, 4) is 17.2 Å². The van der Waals surface area contributed by atoms with E-state index in [0.717, 1.165) is 5.56 Å². The zero-order valence-corrected chi connectivity index (χ0v) is 9.79. The summed E-state index contributed by atoms with van der Waals surface area (Å²) < 4.78 is 0. The molecule has 0 radical (unpaired) electrons. The van der Waals surface area contributed by atoms with Crippen LogP contribution < -0.4 is 0 Å². The normalized spacial score (nSPS) is 9.75. The van der Waals surface area contributed by atoms with Gasteiger partial charge in [-0.05, 0) is 41.6 Å². The number of hydrogen-bond acceptors (Lipinski definition) is 2. The first-order valence-corrected chi connectivity index (χ1v) is 6.20. The van der Waals surface area contributed by atoms with Crippen molar-refractivity contribution in [2.45, 2.75) is 4.90 Å². The summed E-state index contributed by atoms with van der Waals surface area (Å²) in [5.41, 5.74) is 3.04. The number of hydrogen-bond donors (Lipinski definition) is 0. The smallest absolute Gasteiger partial charge is 0.0991 e. The van der Waals surface area contributed by atoms with Gasteiger partial charge < -0.3 is 0 Å². The first-order valence-electron chi connectivity index (χ1n) is 4.98. The molecule has 0 aliphatic carbocycles. The second-order valence-electron chi connectivity index (χ2n) is 3.42. The van der Waals surface area contributed by atoms with Gasteiger partial charge in [-0.25, -0.2) is 0 Å². The lowest BCUT2D eigenvalue weighted by Crippen LogP contribution is -1.79. The first kappa shape index (κ1) is 10.8. The Morgan fingerprint density at radius 1 is 1.00 bits per heavy atom. The Morgan fingerprint density at radius 3 is 2.38 bits per heavy atom. The molecule has 0 fully saturated rings. The molecule has 0 spiro atoms. The lowest BCUT2D eigenvalue weighted by Gasteiger charge is -2.03. The average Bonchev–Trinajstić information content (AvgIpc) is 2.39. The lowest BCUT2D eigenvalue weighted by molar-refractivity contribution is 1.45. The van der Waals surface area contributed by atoms with E-state index in [1.54, 1.807) is 11.8 Å². The zero-order valence-electron chi connectivity index (χ0n) is 8.97. The highest BCUT2D eigenvalue weighted by Gasteiger charge is 1.98. The molecule has 0 amide bonds. The molecule has 0 bridgehead atoms. The molecule has 2 aromatic rings. The highest BCUT2D eigenvalue weighted by Crippen LogP contribution is 2.24. The monoisotopic (exact) mass is 225 g/mol. The van der Waals surface area contributed by atoms with Gasteiger partial charge in [-0.3, -0.25) is 0 Å². The summed E-state index contributed by atoms with van der Waals surface area (Å²) in [7, 11) is 0. The topological polar surface area (TPSA) is 23.8 Å². The predicted molar refractivity (Wildman–Crippen MR) is 68.4 cm³/mol. The molecule has 0 aliphatic rings. The van der Waals surface area contributed by atoms with E-state index in [0.29, 0.717) is 5.56 Å². The van der Waals surface area contributed by atoms with Crippen LogP contribution in [0.1, 0.15) is 5.56 Å². The van der Waals surface area contributed by atoms with Gasteiger partial charge in [0.25, 0.3) is 0 Å². The molecule has 1 nitrogen and oxygen atoms in total. The van der Waals surface area contributed by atoms with Crippen LogP contribution in [0.2, 0.25) is 0 Å². The van der Waals surface area contributed by atoms with Crippen molar-refractivity contribution in [3.63, 3.8) is 0 Å². The van der Waals surface area contributed by atoms with E-state index in [9.17, 15) is 0 Å². The van der Waals surface area contributed by atoms with Gasteiger partial charge in [0.05, 0.1) is 11.6 Å². The quantitative estimate of drug-likeness (QED) is 0.723. The second kappa shape index (κ2) is 4.87. The van der Waals surface area contributed by atoms with E-state index in [4.69, 9.17) is 5.26 Å². The van der Waals surface area contributed by atoms with Crippen LogP contribution in [0.4, 0.5) is 0 Å². The van der Waals surface area contributed by atoms with Gasteiger partial charge >= 0.3 is 0 Å². The van der Waals surface area contributed by atoms with Gasteiger partial charge in [-0.15, -0.1) is 11.8 Å². The second-order valence-corrected chi connectivity index (χ2v) is 4.30. The highest BCUT2D eigenvalue weighted by atomic mass is 32.2. The maximum absolute atomic E-state index is 8.73. The number of benzene rings is 2. The van der Waals surface area contributed by atoms with E-state index < -0.39 is 0 Å². The Labute approximate surface area is 99.7 Å². The van der Waals surface area contributed by atoms with Gasteiger partial charge in [0.15, 0.2) is 0 Å². The third kappa shape index (κ3) is 2.26. The minimum Gasteiger partial charge on any atom is -0.192 e.